The van der Waals surface area contributed by atoms with Gasteiger partial charge in [-0.2, -0.15) is 0 Å². The Hall–Kier alpha value is -0.740. The van der Waals surface area contributed by atoms with E-state index in [1.807, 2.05) is 13.8 Å². The summed E-state index contributed by atoms with van der Waals surface area (Å²) in [6.07, 6.45) is 0.662. The van der Waals surface area contributed by atoms with Crippen molar-refractivity contribution in [2.45, 2.75) is 78.9 Å². The maximum atomic E-state index is 12.4. The van der Waals surface area contributed by atoms with E-state index < -0.39 is 17.1 Å². The fourth-order valence-corrected chi connectivity index (χ4v) is 2.33. The summed E-state index contributed by atoms with van der Waals surface area (Å²) in [5.74, 6) is -0.358. The molecule has 4 heteroatoms. The lowest BCUT2D eigenvalue weighted by atomic mass is 9.75. The summed E-state index contributed by atoms with van der Waals surface area (Å²) in [4.78, 5) is 23.7. The zero-order valence-electron chi connectivity index (χ0n) is 13.7. The van der Waals surface area contributed by atoms with Gasteiger partial charge in [0, 0.05) is 11.8 Å². The summed E-state index contributed by atoms with van der Waals surface area (Å²) in [6.45, 7) is 10.4. The van der Waals surface area contributed by atoms with Crippen molar-refractivity contribution in [3.05, 3.63) is 0 Å². The molecule has 20 heavy (non-hydrogen) atoms. The molecule has 0 aromatic carbocycles. The van der Waals surface area contributed by atoms with Gasteiger partial charge in [0.25, 0.3) is 0 Å². The van der Waals surface area contributed by atoms with E-state index in [0.717, 1.165) is 0 Å². The summed E-state index contributed by atoms with van der Waals surface area (Å²) in [5.41, 5.74) is -2.30. The van der Waals surface area contributed by atoms with Crippen LogP contribution in [0, 0.1) is 11.3 Å². The fourth-order valence-electron chi connectivity index (χ4n) is 2.33. The number of carbonyl (C=O) groups is 2. The summed E-state index contributed by atoms with van der Waals surface area (Å²) in [7, 11) is 0. The van der Waals surface area contributed by atoms with Gasteiger partial charge in [-0.1, -0.05) is 34.6 Å². The predicted molar refractivity (Wildman–Crippen MR) is 79.4 cm³/mol. The monoisotopic (exact) mass is 286 g/mol. The van der Waals surface area contributed by atoms with Gasteiger partial charge in [0.1, 0.15) is 11.4 Å². The van der Waals surface area contributed by atoms with E-state index in [2.05, 4.69) is 0 Å². The van der Waals surface area contributed by atoms with Crippen LogP contribution in [0.4, 0.5) is 0 Å². The number of hydrogen-bond donors (Lipinski definition) is 2. The molecule has 1 unspecified atom stereocenters. The maximum Gasteiger partial charge on any atom is 0.170 e. The Labute approximate surface area is 122 Å². The number of rotatable bonds is 8. The Bertz CT molecular complexity index is 341. The van der Waals surface area contributed by atoms with Gasteiger partial charge < -0.3 is 10.2 Å². The van der Waals surface area contributed by atoms with E-state index in [-0.39, 0.29) is 30.3 Å². The van der Waals surface area contributed by atoms with Crippen molar-refractivity contribution in [1.82, 2.24) is 0 Å². The highest BCUT2D eigenvalue weighted by molar-refractivity contribution is 5.95. The Kier molecular flexibility index (Phi) is 7.05. The molecule has 0 saturated heterocycles. The lowest BCUT2D eigenvalue weighted by Crippen LogP contribution is -2.46. The Balaban J connectivity index is 4.81. The van der Waals surface area contributed by atoms with Gasteiger partial charge >= 0.3 is 0 Å². The smallest absolute Gasteiger partial charge is 0.170 e. The number of hydrogen-bond acceptors (Lipinski definition) is 4. The highest BCUT2D eigenvalue weighted by atomic mass is 16.3. The van der Waals surface area contributed by atoms with Gasteiger partial charge in [0.15, 0.2) is 5.78 Å². The number of Topliss-reactive ketones (excluding diaryl/α,β-unsaturated/α-hetero) is 2. The van der Waals surface area contributed by atoms with Crippen LogP contribution < -0.4 is 0 Å². The van der Waals surface area contributed by atoms with Crippen molar-refractivity contribution in [3.8, 4) is 0 Å². The molecular weight excluding hydrogens is 256 g/mol. The second kappa shape index (κ2) is 7.32. The van der Waals surface area contributed by atoms with Gasteiger partial charge in [-0.3, -0.25) is 9.59 Å². The van der Waals surface area contributed by atoms with E-state index in [9.17, 15) is 19.8 Å². The highest BCUT2D eigenvalue weighted by Gasteiger charge is 2.42. The minimum Gasteiger partial charge on any atom is -0.393 e. The predicted octanol–water partition coefficient (Wildman–Crippen LogP) is 2.50. The molecule has 0 aromatic rings. The molecule has 0 aromatic heterocycles. The first kappa shape index (κ1) is 19.3. The highest BCUT2D eigenvalue weighted by Crippen LogP contribution is 2.30. The summed E-state index contributed by atoms with van der Waals surface area (Å²) < 4.78 is 0. The molecular formula is C16H30O4. The molecule has 0 aliphatic rings. The second-order valence-electron chi connectivity index (χ2n) is 7.19. The maximum absolute atomic E-state index is 12.4. The number of ketones is 2. The second-order valence-corrected chi connectivity index (χ2v) is 7.19. The van der Waals surface area contributed by atoms with Gasteiger partial charge in [-0.25, -0.2) is 0 Å². The standard InChI is InChI=1S/C16H30O4/c1-11(2)13(18)8-7-9-16(20,10-12(3)17)14(19)15(4,5)6/h11,13,18,20H,7-10H2,1-6H3/t13-,16?/m1/s1. The third-order valence-electron chi connectivity index (χ3n) is 3.51. The van der Waals surface area contributed by atoms with Crippen LogP contribution >= 0.6 is 0 Å². The van der Waals surface area contributed by atoms with Crippen LogP contribution in [0.5, 0.6) is 0 Å². The summed E-state index contributed by atoms with van der Waals surface area (Å²) in [5, 5.41) is 20.4. The van der Waals surface area contributed by atoms with Crippen LogP contribution in [-0.4, -0.2) is 33.5 Å². The molecule has 0 bridgehead atoms. The SMILES string of the molecule is CC(=O)CC(O)(CCC[C@@H](O)C(C)C)C(=O)C(C)(C)C. The number of carbonyl (C=O) groups excluding carboxylic acids is 2. The van der Waals surface area contributed by atoms with Crippen molar-refractivity contribution < 1.29 is 19.8 Å². The van der Waals surface area contributed by atoms with Gasteiger partial charge in [-0.05, 0) is 32.1 Å². The van der Waals surface area contributed by atoms with E-state index in [1.165, 1.54) is 6.92 Å². The molecule has 4 nitrogen and oxygen atoms in total. The van der Waals surface area contributed by atoms with E-state index >= 15 is 0 Å². The Morgan fingerprint density at radius 1 is 1.15 bits per heavy atom. The molecule has 2 N–H and O–H groups in total. The summed E-state index contributed by atoms with van der Waals surface area (Å²) in [6, 6.07) is 0. The number of aliphatic hydroxyl groups is 2. The molecule has 0 aliphatic carbocycles. The zero-order chi connectivity index (χ0) is 16.1. The molecule has 118 valence electrons. The molecule has 0 fully saturated rings. The van der Waals surface area contributed by atoms with Crippen molar-refractivity contribution in [1.29, 1.82) is 0 Å². The van der Waals surface area contributed by atoms with Crippen LogP contribution in [0.2, 0.25) is 0 Å². The van der Waals surface area contributed by atoms with Crippen LogP contribution in [0.15, 0.2) is 0 Å². The zero-order valence-corrected chi connectivity index (χ0v) is 13.7. The third-order valence-corrected chi connectivity index (χ3v) is 3.51. The van der Waals surface area contributed by atoms with E-state index in [0.29, 0.717) is 12.8 Å². The topological polar surface area (TPSA) is 74.6 Å². The van der Waals surface area contributed by atoms with Crippen molar-refractivity contribution in [3.63, 3.8) is 0 Å². The minimum atomic E-state index is -1.61. The number of aliphatic hydroxyl groups excluding tert-OH is 1. The minimum absolute atomic E-state index is 0.147. The van der Waals surface area contributed by atoms with Gasteiger partial charge in [0.05, 0.1) is 6.10 Å². The molecule has 0 amide bonds. The largest absolute Gasteiger partial charge is 0.393 e. The first-order valence-electron chi connectivity index (χ1n) is 7.35. The first-order chi connectivity index (χ1) is 8.90. The summed E-state index contributed by atoms with van der Waals surface area (Å²) >= 11 is 0. The van der Waals surface area contributed by atoms with Crippen LogP contribution in [-0.2, 0) is 9.59 Å². The molecule has 0 saturated carbocycles. The lowest BCUT2D eigenvalue weighted by Gasteiger charge is -2.32. The normalized spacial score (nSPS) is 16.9. The van der Waals surface area contributed by atoms with Gasteiger partial charge in [0.2, 0.25) is 0 Å². The molecule has 0 rings (SSSR count). The van der Waals surface area contributed by atoms with Crippen LogP contribution in [0.1, 0.15) is 67.2 Å². The van der Waals surface area contributed by atoms with Crippen LogP contribution in [0.3, 0.4) is 0 Å². The average molecular weight is 286 g/mol. The molecule has 2 atom stereocenters. The fraction of sp³-hybridized carbons (Fsp3) is 0.875. The Morgan fingerprint density at radius 3 is 2.00 bits per heavy atom. The van der Waals surface area contributed by atoms with Crippen molar-refractivity contribution >= 4 is 11.6 Å². The molecule has 0 spiro atoms. The van der Waals surface area contributed by atoms with E-state index in [1.54, 1.807) is 20.8 Å². The average Bonchev–Trinajstić information content (AvgIpc) is 2.25. The molecule has 0 aliphatic heterocycles. The quantitative estimate of drug-likeness (QED) is 0.719. The van der Waals surface area contributed by atoms with Crippen molar-refractivity contribution in [2.24, 2.45) is 11.3 Å². The van der Waals surface area contributed by atoms with Crippen LogP contribution in [0.25, 0.3) is 0 Å². The van der Waals surface area contributed by atoms with Crippen molar-refractivity contribution in [2.75, 3.05) is 0 Å². The molecule has 0 radical (unpaired) electrons. The van der Waals surface area contributed by atoms with E-state index in [4.69, 9.17) is 0 Å². The third kappa shape index (κ3) is 6.14. The lowest BCUT2D eigenvalue weighted by molar-refractivity contribution is -0.150. The Morgan fingerprint density at radius 2 is 1.65 bits per heavy atom. The van der Waals surface area contributed by atoms with Gasteiger partial charge in [-0.15, -0.1) is 0 Å². The molecule has 0 heterocycles. The first-order valence-corrected chi connectivity index (χ1v) is 7.35.